The molecule has 0 unspecified atom stereocenters. The van der Waals surface area contributed by atoms with Crippen LogP contribution in [0.3, 0.4) is 0 Å². The highest BCUT2D eigenvalue weighted by Crippen LogP contribution is 2.09. The molecule has 0 aliphatic carbocycles. The van der Waals surface area contributed by atoms with Crippen molar-refractivity contribution in [2.24, 2.45) is 0 Å². The number of aromatic nitrogens is 2. The molecule has 0 bridgehead atoms. The third kappa shape index (κ3) is 3.37. The van der Waals surface area contributed by atoms with Gasteiger partial charge >= 0.3 is 0 Å². The van der Waals surface area contributed by atoms with Gasteiger partial charge in [-0.2, -0.15) is 4.98 Å². The SMILES string of the molecule is Cc1ccc(C(=O)NCCc2nc(C)no2)c(F)c1. The van der Waals surface area contributed by atoms with E-state index >= 15 is 0 Å². The van der Waals surface area contributed by atoms with Crippen molar-refractivity contribution >= 4 is 5.91 Å². The number of carbonyl (C=O) groups is 1. The summed E-state index contributed by atoms with van der Waals surface area (Å²) in [6.07, 6.45) is 0.417. The van der Waals surface area contributed by atoms with Gasteiger partial charge in [0, 0.05) is 13.0 Å². The van der Waals surface area contributed by atoms with Crippen LogP contribution in [0.2, 0.25) is 0 Å². The van der Waals surface area contributed by atoms with Crippen LogP contribution in [0.15, 0.2) is 22.7 Å². The van der Waals surface area contributed by atoms with E-state index in [2.05, 4.69) is 15.5 Å². The first kappa shape index (κ1) is 13.2. The summed E-state index contributed by atoms with van der Waals surface area (Å²) in [5.74, 6) is 0.0213. The highest BCUT2D eigenvalue weighted by atomic mass is 19.1. The minimum atomic E-state index is -0.522. The van der Waals surface area contributed by atoms with Gasteiger partial charge in [-0.25, -0.2) is 4.39 Å². The summed E-state index contributed by atoms with van der Waals surface area (Å²) in [5, 5.41) is 6.25. The molecule has 0 spiro atoms. The molecule has 1 heterocycles. The van der Waals surface area contributed by atoms with E-state index in [1.165, 1.54) is 12.1 Å². The number of hydrogen-bond acceptors (Lipinski definition) is 4. The van der Waals surface area contributed by atoms with Crippen LogP contribution in [0.4, 0.5) is 4.39 Å². The quantitative estimate of drug-likeness (QED) is 0.913. The van der Waals surface area contributed by atoms with Crippen LogP contribution < -0.4 is 5.32 Å². The molecule has 100 valence electrons. The Hall–Kier alpha value is -2.24. The lowest BCUT2D eigenvalue weighted by Gasteiger charge is -2.05. The zero-order chi connectivity index (χ0) is 13.8. The van der Waals surface area contributed by atoms with Crippen LogP contribution in [0.25, 0.3) is 0 Å². The normalized spacial score (nSPS) is 10.5. The number of rotatable bonds is 4. The van der Waals surface area contributed by atoms with Gasteiger partial charge in [-0.05, 0) is 31.5 Å². The molecule has 0 aliphatic heterocycles. The predicted octanol–water partition coefficient (Wildman–Crippen LogP) is 1.80. The molecule has 1 aromatic heterocycles. The van der Waals surface area contributed by atoms with E-state index in [0.29, 0.717) is 24.7 Å². The fourth-order valence-corrected chi connectivity index (χ4v) is 1.62. The molecule has 0 fully saturated rings. The summed E-state index contributed by atoms with van der Waals surface area (Å²) in [7, 11) is 0. The second kappa shape index (κ2) is 5.60. The van der Waals surface area contributed by atoms with E-state index in [-0.39, 0.29) is 5.56 Å². The first-order valence-corrected chi connectivity index (χ1v) is 5.90. The monoisotopic (exact) mass is 263 g/mol. The molecule has 5 nitrogen and oxygen atoms in total. The van der Waals surface area contributed by atoms with Crippen LogP contribution in [0.5, 0.6) is 0 Å². The zero-order valence-corrected chi connectivity index (χ0v) is 10.7. The van der Waals surface area contributed by atoms with Crippen molar-refractivity contribution in [2.75, 3.05) is 6.54 Å². The maximum atomic E-state index is 13.6. The van der Waals surface area contributed by atoms with E-state index < -0.39 is 11.7 Å². The Morgan fingerprint density at radius 3 is 2.84 bits per heavy atom. The number of aryl methyl sites for hydroxylation is 2. The smallest absolute Gasteiger partial charge is 0.254 e. The maximum Gasteiger partial charge on any atom is 0.254 e. The molecule has 0 saturated carbocycles. The Morgan fingerprint density at radius 1 is 1.42 bits per heavy atom. The summed E-state index contributed by atoms with van der Waals surface area (Å²) in [6, 6.07) is 4.49. The third-order valence-electron chi connectivity index (χ3n) is 2.56. The van der Waals surface area contributed by atoms with Crippen molar-refractivity contribution < 1.29 is 13.7 Å². The molecule has 2 rings (SSSR count). The summed E-state index contributed by atoms with van der Waals surface area (Å²) < 4.78 is 18.5. The van der Waals surface area contributed by atoms with Gasteiger partial charge in [-0.3, -0.25) is 4.79 Å². The Labute approximate surface area is 109 Å². The molecule has 19 heavy (non-hydrogen) atoms. The number of carbonyl (C=O) groups excluding carboxylic acids is 1. The van der Waals surface area contributed by atoms with E-state index in [0.717, 1.165) is 5.56 Å². The van der Waals surface area contributed by atoms with Crippen LogP contribution in [-0.4, -0.2) is 22.6 Å². The van der Waals surface area contributed by atoms with Gasteiger partial charge in [0.2, 0.25) is 5.89 Å². The number of amides is 1. The van der Waals surface area contributed by atoms with Crippen molar-refractivity contribution in [1.82, 2.24) is 15.5 Å². The lowest BCUT2D eigenvalue weighted by atomic mass is 10.1. The molecule has 0 atom stereocenters. The highest BCUT2D eigenvalue weighted by molar-refractivity contribution is 5.94. The summed E-state index contributed by atoms with van der Waals surface area (Å²) >= 11 is 0. The largest absolute Gasteiger partial charge is 0.351 e. The van der Waals surface area contributed by atoms with Gasteiger partial charge in [0.25, 0.3) is 5.91 Å². The molecule has 0 saturated heterocycles. The molecule has 1 N–H and O–H groups in total. The van der Waals surface area contributed by atoms with Crippen LogP contribution in [0.1, 0.15) is 27.6 Å². The van der Waals surface area contributed by atoms with Crippen molar-refractivity contribution in [3.05, 3.63) is 46.9 Å². The van der Waals surface area contributed by atoms with E-state index in [9.17, 15) is 9.18 Å². The van der Waals surface area contributed by atoms with Gasteiger partial charge in [-0.15, -0.1) is 0 Å². The molecule has 2 aromatic rings. The lowest BCUT2D eigenvalue weighted by molar-refractivity contribution is 0.0949. The van der Waals surface area contributed by atoms with Crippen molar-refractivity contribution in [1.29, 1.82) is 0 Å². The minimum Gasteiger partial charge on any atom is -0.351 e. The third-order valence-corrected chi connectivity index (χ3v) is 2.56. The zero-order valence-electron chi connectivity index (χ0n) is 10.7. The minimum absolute atomic E-state index is 0.0345. The first-order valence-electron chi connectivity index (χ1n) is 5.90. The number of benzene rings is 1. The molecule has 0 aliphatic rings. The van der Waals surface area contributed by atoms with E-state index in [1.54, 1.807) is 19.9 Å². The Balaban J connectivity index is 1.90. The standard InChI is InChI=1S/C13H14FN3O2/c1-8-3-4-10(11(14)7-8)13(18)15-6-5-12-16-9(2)17-19-12/h3-4,7H,5-6H2,1-2H3,(H,15,18). The molecule has 0 radical (unpaired) electrons. The Kier molecular flexibility index (Phi) is 3.89. The average molecular weight is 263 g/mol. The molecule has 6 heteroatoms. The fourth-order valence-electron chi connectivity index (χ4n) is 1.62. The summed E-state index contributed by atoms with van der Waals surface area (Å²) in [5.41, 5.74) is 0.808. The maximum absolute atomic E-state index is 13.6. The molecule has 1 amide bonds. The highest BCUT2D eigenvalue weighted by Gasteiger charge is 2.11. The van der Waals surface area contributed by atoms with E-state index in [1.807, 2.05) is 0 Å². The number of hydrogen-bond donors (Lipinski definition) is 1. The molecule has 1 aromatic carbocycles. The topological polar surface area (TPSA) is 68.0 Å². The summed E-state index contributed by atoms with van der Waals surface area (Å²) in [4.78, 5) is 15.8. The Morgan fingerprint density at radius 2 is 2.21 bits per heavy atom. The van der Waals surface area contributed by atoms with Crippen LogP contribution in [0, 0.1) is 19.7 Å². The number of nitrogens with one attached hydrogen (secondary N) is 1. The van der Waals surface area contributed by atoms with Crippen molar-refractivity contribution in [3.8, 4) is 0 Å². The van der Waals surface area contributed by atoms with Gasteiger partial charge in [0.15, 0.2) is 5.82 Å². The number of halogens is 1. The second-order valence-electron chi connectivity index (χ2n) is 4.22. The predicted molar refractivity (Wildman–Crippen MR) is 66.2 cm³/mol. The molecular formula is C13H14FN3O2. The fraction of sp³-hybridized carbons (Fsp3) is 0.308. The van der Waals surface area contributed by atoms with Crippen LogP contribution in [-0.2, 0) is 6.42 Å². The Bertz CT molecular complexity index is 595. The van der Waals surface area contributed by atoms with Gasteiger partial charge < -0.3 is 9.84 Å². The van der Waals surface area contributed by atoms with Crippen molar-refractivity contribution in [3.63, 3.8) is 0 Å². The van der Waals surface area contributed by atoms with Gasteiger partial charge in [0.05, 0.1) is 5.56 Å². The number of nitrogens with zero attached hydrogens (tertiary/aromatic N) is 2. The lowest BCUT2D eigenvalue weighted by Crippen LogP contribution is -2.26. The van der Waals surface area contributed by atoms with Gasteiger partial charge in [0.1, 0.15) is 5.82 Å². The van der Waals surface area contributed by atoms with E-state index in [4.69, 9.17) is 4.52 Å². The second-order valence-corrected chi connectivity index (χ2v) is 4.22. The summed E-state index contributed by atoms with van der Waals surface area (Å²) in [6.45, 7) is 3.80. The average Bonchev–Trinajstić information content (AvgIpc) is 2.75. The van der Waals surface area contributed by atoms with Crippen molar-refractivity contribution in [2.45, 2.75) is 20.3 Å². The van der Waals surface area contributed by atoms with Crippen LogP contribution >= 0.6 is 0 Å². The van der Waals surface area contributed by atoms with Gasteiger partial charge in [-0.1, -0.05) is 11.2 Å². The molecular weight excluding hydrogens is 249 g/mol. The first-order chi connectivity index (χ1) is 9.06.